The predicted molar refractivity (Wildman–Crippen MR) is 49.8 cm³/mol. The van der Waals surface area contributed by atoms with Crippen molar-refractivity contribution in [2.75, 3.05) is 0 Å². The van der Waals surface area contributed by atoms with Gasteiger partial charge < -0.3 is 0 Å². The molecule has 0 atom stereocenters. The third kappa shape index (κ3) is 10.7. The van der Waals surface area contributed by atoms with E-state index >= 15 is 0 Å². The van der Waals surface area contributed by atoms with Crippen LogP contribution in [0.4, 0.5) is 0 Å². The van der Waals surface area contributed by atoms with E-state index < -0.39 is 0 Å². The molecule has 1 aromatic rings. The topological polar surface area (TPSA) is 0 Å². The van der Waals surface area contributed by atoms with Crippen LogP contribution in [0.5, 0.6) is 0 Å². The Morgan fingerprint density at radius 2 is 0.700 bits per heavy atom. The van der Waals surface area contributed by atoms with Crippen LogP contribution in [0.25, 0.3) is 0 Å². The summed E-state index contributed by atoms with van der Waals surface area (Å²) in [6, 6.07) is 12.0. The molecule has 0 aliphatic heterocycles. The molecule has 0 heterocycles. The van der Waals surface area contributed by atoms with E-state index in [2.05, 4.69) is 17.4 Å². The van der Waals surface area contributed by atoms with Gasteiger partial charge in [-0.05, 0) is 0 Å². The summed E-state index contributed by atoms with van der Waals surface area (Å²) in [5.74, 6) is 6.92. The van der Waals surface area contributed by atoms with Crippen molar-refractivity contribution in [1.29, 1.82) is 0 Å². The van der Waals surface area contributed by atoms with Crippen molar-refractivity contribution >= 4 is 14.1 Å². The zero-order valence-corrected chi connectivity index (χ0v) is 8.20. The van der Waals surface area contributed by atoms with Gasteiger partial charge >= 0.3 is 0 Å². The standard InChI is InChI=1S/C6H6.3CH3.Al/c1-2-4-6-5-3-1;;;;/h1-6H;3*1H3;. The summed E-state index contributed by atoms with van der Waals surface area (Å²) in [5, 5.41) is 0. The predicted octanol–water partition coefficient (Wildman–Crippen LogP) is 3.06. The van der Waals surface area contributed by atoms with Crippen LogP contribution in [0, 0.1) is 0 Å². The van der Waals surface area contributed by atoms with Crippen LogP contribution in [0.1, 0.15) is 0 Å². The molecule has 0 spiro atoms. The van der Waals surface area contributed by atoms with Gasteiger partial charge in [0.15, 0.2) is 0 Å². The molecule has 0 bridgehead atoms. The van der Waals surface area contributed by atoms with Gasteiger partial charge in [-0.15, -0.1) is 17.4 Å². The maximum absolute atomic E-state index is 2.31. The van der Waals surface area contributed by atoms with Gasteiger partial charge in [-0.3, -0.25) is 0 Å². The molecular weight excluding hydrogens is 135 g/mol. The molecule has 0 saturated heterocycles. The molecule has 1 rings (SSSR count). The van der Waals surface area contributed by atoms with Gasteiger partial charge in [-0.2, -0.15) is 0 Å². The Morgan fingerprint density at radius 1 is 0.600 bits per heavy atom. The van der Waals surface area contributed by atoms with Crippen molar-refractivity contribution in [2.24, 2.45) is 0 Å². The lowest BCUT2D eigenvalue weighted by Gasteiger charge is -1.69. The maximum Gasteiger partial charge on any atom is 0.251 e. The molecule has 0 aromatic heterocycles. The molecule has 0 nitrogen and oxygen atoms in total. The lowest BCUT2D eigenvalue weighted by Crippen LogP contribution is -1.84. The molecule has 0 aliphatic carbocycles. The second kappa shape index (κ2) is 6.87. The normalized spacial score (nSPS) is 7.50. The summed E-state index contributed by atoms with van der Waals surface area (Å²) >= 11 is -0.139. The van der Waals surface area contributed by atoms with Crippen LogP contribution >= 0.6 is 0 Å². The van der Waals surface area contributed by atoms with Crippen LogP contribution in [-0.2, 0) is 0 Å². The molecule has 0 fully saturated rings. The molecule has 0 aliphatic rings. The Balaban J connectivity index is 0.000000180. The monoisotopic (exact) mass is 150 g/mol. The number of rotatable bonds is 0. The molecule has 0 unspecified atom stereocenters. The van der Waals surface area contributed by atoms with Crippen molar-refractivity contribution in [1.82, 2.24) is 0 Å². The van der Waals surface area contributed by atoms with Crippen LogP contribution in [0.3, 0.4) is 0 Å². The molecule has 0 N–H and O–H groups in total. The molecule has 0 amide bonds. The Labute approximate surface area is 68.3 Å². The van der Waals surface area contributed by atoms with Crippen molar-refractivity contribution in [2.45, 2.75) is 17.4 Å². The third-order valence-electron chi connectivity index (χ3n) is 0.667. The smallest absolute Gasteiger partial charge is 0.106 e. The summed E-state index contributed by atoms with van der Waals surface area (Å²) in [7, 11) is 0. The maximum atomic E-state index is 2.31. The first-order valence-electron chi connectivity index (χ1n) is 3.73. The number of hydrogen-bond acceptors (Lipinski definition) is 0. The first kappa shape index (κ1) is 9.75. The number of hydrogen-bond donors (Lipinski definition) is 0. The van der Waals surface area contributed by atoms with Crippen molar-refractivity contribution < 1.29 is 0 Å². The van der Waals surface area contributed by atoms with Gasteiger partial charge in [0.25, 0.3) is 14.1 Å². The highest BCUT2D eigenvalue weighted by atomic mass is 27.2. The van der Waals surface area contributed by atoms with Crippen molar-refractivity contribution in [3.63, 3.8) is 0 Å². The minimum absolute atomic E-state index is 0.139. The van der Waals surface area contributed by atoms with Gasteiger partial charge in [0.1, 0.15) is 0 Å². The first-order valence-corrected chi connectivity index (χ1v) is 7.20. The molecule has 10 heavy (non-hydrogen) atoms. The van der Waals surface area contributed by atoms with E-state index in [1.807, 2.05) is 36.4 Å². The molecular formula is C9H15Al. The van der Waals surface area contributed by atoms with Crippen LogP contribution in [0.15, 0.2) is 36.4 Å². The van der Waals surface area contributed by atoms with E-state index in [9.17, 15) is 0 Å². The first-order chi connectivity index (χ1) is 4.73. The van der Waals surface area contributed by atoms with E-state index in [0.29, 0.717) is 0 Å². The second-order valence-corrected chi connectivity index (χ2v) is 6.35. The highest BCUT2D eigenvalue weighted by molar-refractivity contribution is 6.54. The fraction of sp³-hybridized carbons (Fsp3) is 0.333. The minimum Gasteiger partial charge on any atom is -0.106 e. The zero-order chi connectivity index (χ0) is 7.82. The largest absolute Gasteiger partial charge is 0.251 e. The Morgan fingerprint density at radius 3 is 0.800 bits per heavy atom. The highest BCUT2D eigenvalue weighted by Crippen LogP contribution is 1.79. The average molecular weight is 150 g/mol. The van der Waals surface area contributed by atoms with E-state index in [4.69, 9.17) is 0 Å². The van der Waals surface area contributed by atoms with Gasteiger partial charge in [-0.1, -0.05) is 36.4 Å². The Kier molecular flexibility index (Phi) is 6.70. The summed E-state index contributed by atoms with van der Waals surface area (Å²) in [6.07, 6.45) is 0. The SMILES string of the molecule is [CH3][Al]([CH3])[CH3].c1ccccc1. The summed E-state index contributed by atoms with van der Waals surface area (Å²) in [4.78, 5) is 0. The average Bonchev–Trinajstić information content (AvgIpc) is 1.90. The zero-order valence-electron chi connectivity index (χ0n) is 7.04. The van der Waals surface area contributed by atoms with Crippen LogP contribution in [-0.4, -0.2) is 14.1 Å². The van der Waals surface area contributed by atoms with E-state index in [0.717, 1.165) is 0 Å². The molecule has 0 saturated carbocycles. The van der Waals surface area contributed by atoms with Gasteiger partial charge in [-0.25, -0.2) is 0 Å². The minimum atomic E-state index is -0.139. The third-order valence-corrected chi connectivity index (χ3v) is 0.667. The van der Waals surface area contributed by atoms with E-state index in [1.165, 1.54) is 0 Å². The summed E-state index contributed by atoms with van der Waals surface area (Å²) in [6.45, 7) is 0. The lowest BCUT2D eigenvalue weighted by molar-refractivity contribution is 1.72. The summed E-state index contributed by atoms with van der Waals surface area (Å²) in [5.41, 5.74) is 0. The Hall–Kier alpha value is -0.248. The highest BCUT2D eigenvalue weighted by Gasteiger charge is 1.81. The van der Waals surface area contributed by atoms with Gasteiger partial charge in [0.2, 0.25) is 0 Å². The lowest BCUT2D eigenvalue weighted by atomic mass is 10.4. The quantitative estimate of drug-likeness (QED) is 0.498. The van der Waals surface area contributed by atoms with Crippen LogP contribution in [0.2, 0.25) is 17.4 Å². The van der Waals surface area contributed by atoms with Crippen molar-refractivity contribution in [3.8, 4) is 0 Å². The Bertz CT molecular complexity index is 105. The fourth-order valence-corrected chi connectivity index (χ4v) is 0.385. The van der Waals surface area contributed by atoms with E-state index in [-0.39, 0.29) is 14.1 Å². The molecule has 1 heteroatoms. The van der Waals surface area contributed by atoms with Gasteiger partial charge in [0, 0.05) is 0 Å². The molecule has 1 aromatic carbocycles. The second-order valence-electron chi connectivity index (χ2n) is 2.89. The van der Waals surface area contributed by atoms with E-state index in [1.54, 1.807) is 0 Å². The van der Waals surface area contributed by atoms with Gasteiger partial charge in [0.05, 0.1) is 0 Å². The number of benzene rings is 1. The molecule has 0 radical (unpaired) electrons. The summed E-state index contributed by atoms with van der Waals surface area (Å²) < 4.78 is 0. The fourth-order valence-electron chi connectivity index (χ4n) is 0.385. The van der Waals surface area contributed by atoms with Crippen molar-refractivity contribution in [3.05, 3.63) is 36.4 Å². The van der Waals surface area contributed by atoms with Crippen LogP contribution < -0.4 is 0 Å². The molecule has 54 valence electrons.